The van der Waals surface area contributed by atoms with E-state index in [-0.39, 0.29) is 0 Å². The van der Waals surface area contributed by atoms with Crippen LogP contribution in [0.4, 0.5) is 0 Å². The molecule has 0 bridgehead atoms. The van der Waals surface area contributed by atoms with Gasteiger partial charge in [-0.1, -0.05) is 36.4 Å². The number of nitrogens with one attached hydrogen (secondary N) is 1. The Bertz CT molecular complexity index is 558. The summed E-state index contributed by atoms with van der Waals surface area (Å²) in [5.74, 6) is 1.72. The molecule has 1 fully saturated rings. The van der Waals surface area contributed by atoms with Crippen molar-refractivity contribution in [3.63, 3.8) is 0 Å². The van der Waals surface area contributed by atoms with E-state index in [9.17, 15) is 0 Å². The zero-order valence-electron chi connectivity index (χ0n) is 11.9. The molecule has 0 aliphatic heterocycles. The predicted octanol–water partition coefficient (Wildman–Crippen LogP) is 3.86. The van der Waals surface area contributed by atoms with Crippen LogP contribution in [0.15, 0.2) is 48.5 Å². The first-order valence-electron chi connectivity index (χ1n) is 7.28. The molecule has 0 radical (unpaired) electrons. The lowest BCUT2D eigenvalue weighted by Gasteiger charge is -2.10. The van der Waals surface area contributed by atoms with Crippen molar-refractivity contribution >= 4 is 0 Å². The van der Waals surface area contributed by atoms with Crippen LogP contribution in [0.5, 0.6) is 5.75 Å². The Morgan fingerprint density at radius 3 is 2.45 bits per heavy atom. The SMILES string of the molecule is COc1ccc(CNCc2ccccc2C2CC2)cc1. The van der Waals surface area contributed by atoms with E-state index in [0.717, 1.165) is 24.8 Å². The summed E-state index contributed by atoms with van der Waals surface area (Å²) in [6.45, 7) is 1.84. The normalized spacial score (nSPS) is 14.2. The van der Waals surface area contributed by atoms with E-state index in [1.807, 2.05) is 12.1 Å². The molecule has 0 saturated heterocycles. The van der Waals surface area contributed by atoms with Gasteiger partial charge in [-0.2, -0.15) is 0 Å². The van der Waals surface area contributed by atoms with Crippen molar-refractivity contribution in [3.8, 4) is 5.75 Å². The molecular formula is C18H21NO. The van der Waals surface area contributed by atoms with Gasteiger partial charge in [0, 0.05) is 13.1 Å². The lowest BCUT2D eigenvalue weighted by molar-refractivity contribution is 0.414. The van der Waals surface area contributed by atoms with Crippen LogP contribution >= 0.6 is 0 Å². The van der Waals surface area contributed by atoms with Crippen LogP contribution in [0.2, 0.25) is 0 Å². The van der Waals surface area contributed by atoms with Gasteiger partial charge in [0.15, 0.2) is 0 Å². The largest absolute Gasteiger partial charge is 0.497 e. The molecule has 104 valence electrons. The van der Waals surface area contributed by atoms with Gasteiger partial charge in [-0.3, -0.25) is 0 Å². The summed E-state index contributed by atoms with van der Waals surface area (Å²) in [7, 11) is 1.70. The van der Waals surface area contributed by atoms with E-state index in [4.69, 9.17) is 4.74 Å². The number of rotatable bonds is 6. The summed E-state index contributed by atoms with van der Waals surface area (Å²) < 4.78 is 5.17. The summed E-state index contributed by atoms with van der Waals surface area (Å²) in [5, 5.41) is 3.54. The number of ether oxygens (including phenoxy) is 1. The highest BCUT2D eigenvalue weighted by atomic mass is 16.5. The average Bonchev–Trinajstić information content (AvgIpc) is 3.33. The fourth-order valence-corrected chi connectivity index (χ4v) is 2.57. The Balaban J connectivity index is 1.56. The maximum Gasteiger partial charge on any atom is 0.118 e. The molecule has 0 spiro atoms. The van der Waals surface area contributed by atoms with Crippen LogP contribution in [-0.2, 0) is 13.1 Å². The highest BCUT2D eigenvalue weighted by Gasteiger charge is 2.25. The van der Waals surface area contributed by atoms with Crippen molar-refractivity contribution in [3.05, 3.63) is 65.2 Å². The highest BCUT2D eigenvalue weighted by molar-refractivity contribution is 5.33. The van der Waals surface area contributed by atoms with E-state index in [2.05, 4.69) is 41.7 Å². The molecule has 0 heterocycles. The van der Waals surface area contributed by atoms with Gasteiger partial charge in [0.1, 0.15) is 5.75 Å². The van der Waals surface area contributed by atoms with Crippen molar-refractivity contribution < 1.29 is 4.74 Å². The first kappa shape index (κ1) is 13.2. The van der Waals surface area contributed by atoms with Crippen LogP contribution in [0.1, 0.15) is 35.4 Å². The van der Waals surface area contributed by atoms with E-state index >= 15 is 0 Å². The molecule has 1 saturated carbocycles. The zero-order valence-corrected chi connectivity index (χ0v) is 11.9. The minimum Gasteiger partial charge on any atom is -0.497 e. The van der Waals surface area contributed by atoms with Crippen LogP contribution in [0, 0.1) is 0 Å². The van der Waals surface area contributed by atoms with E-state index in [1.165, 1.54) is 29.5 Å². The summed E-state index contributed by atoms with van der Waals surface area (Å²) in [5.41, 5.74) is 4.27. The Labute approximate surface area is 120 Å². The smallest absolute Gasteiger partial charge is 0.118 e. The lowest BCUT2D eigenvalue weighted by Crippen LogP contribution is -2.13. The second-order valence-corrected chi connectivity index (χ2v) is 5.42. The van der Waals surface area contributed by atoms with Gasteiger partial charge in [0.2, 0.25) is 0 Å². The third kappa shape index (κ3) is 3.20. The molecule has 1 N–H and O–H groups in total. The lowest BCUT2D eigenvalue weighted by atomic mass is 10.0. The van der Waals surface area contributed by atoms with E-state index < -0.39 is 0 Å². The van der Waals surface area contributed by atoms with Gasteiger partial charge >= 0.3 is 0 Å². The topological polar surface area (TPSA) is 21.3 Å². The van der Waals surface area contributed by atoms with E-state index in [0.29, 0.717) is 0 Å². The molecule has 2 heteroatoms. The number of hydrogen-bond donors (Lipinski definition) is 1. The molecular weight excluding hydrogens is 246 g/mol. The highest BCUT2D eigenvalue weighted by Crippen LogP contribution is 2.41. The first-order chi connectivity index (χ1) is 9.86. The second kappa shape index (κ2) is 6.10. The van der Waals surface area contributed by atoms with Gasteiger partial charge in [-0.05, 0) is 47.6 Å². The number of methoxy groups -OCH3 is 1. The average molecular weight is 267 g/mol. The number of benzene rings is 2. The van der Waals surface area contributed by atoms with Crippen molar-refractivity contribution in [1.82, 2.24) is 5.32 Å². The molecule has 0 atom stereocenters. The molecule has 2 aromatic carbocycles. The van der Waals surface area contributed by atoms with E-state index in [1.54, 1.807) is 7.11 Å². The minimum absolute atomic E-state index is 0.814. The predicted molar refractivity (Wildman–Crippen MR) is 82.0 cm³/mol. The molecule has 1 aliphatic carbocycles. The maximum atomic E-state index is 5.17. The van der Waals surface area contributed by atoms with Gasteiger partial charge in [-0.15, -0.1) is 0 Å². The van der Waals surface area contributed by atoms with Gasteiger partial charge in [0.05, 0.1) is 7.11 Å². The third-order valence-electron chi connectivity index (χ3n) is 3.88. The minimum atomic E-state index is 0.814. The molecule has 0 amide bonds. The molecule has 0 aromatic heterocycles. The van der Waals surface area contributed by atoms with Crippen LogP contribution in [0.25, 0.3) is 0 Å². The van der Waals surface area contributed by atoms with Crippen molar-refractivity contribution in [1.29, 1.82) is 0 Å². The van der Waals surface area contributed by atoms with Crippen LogP contribution in [0.3, 0.4) is 0 Å². The van der Waals surface area contributed by atoms with Crippen LogP contribution < -0.4 is 10.1 Å². The third-order valence-corrected chi connectivity index (χ3v) is 3.88. The fraction of sp³-hybridized carbons (Fsp3) is 0.333. The van der Waals surface area contributed by atoms with Gasteiger partial charge < -0.3 is 10.1 Å². The summed E-state index contributed by atoms with van der Waals surface area (Å²) in [6, 6.07) is 17.1. The number of hydrogen-bond acceptors (Lipinski definition) is 2. The Kier molecular flexibility index (Phi) is 4.03. The first-order valence-corrected chi connectivity index (χ1v) is 7.28. The molecule has 3 rings (SSSR count). The quantitative estimate of drug-likeness (QED) is 0.858. The second-order valence-electron chi connectivity index (χ2n) is 5.42. The van der Waals surface area contributed by atoms with Crippen molar-refractivity contribution in [2.45, 2.75) is 31.8 Å². The fourth-order valence-electron chi connectivity index (χ4n) is 2.57. The summed E-state index contributed by atoms with van der Waals surface area (Å²) in [4.78, 5) is 0. The standard InChI is InChI=1S/C18H21NO/c1-20-17-10-6-14(7-11-17)12-19-13-16-4-2-3-5-18(16)15-8-9-15/h2-7,10-11,15,19H,8-9,12-13H2,1H3. The van der Waals surface area contributed by atoms with Gasteiger partial charge in [-0.25, -0.2) is 0 Å². The monoisotopic (exact) mass is 267 g/mol. The molecule has 20 heavy (non-hydrogen) atoms. The van der Waals surface area contributed by atoms with Crippen molar-refractivity contribution in [2.75, 3.05) is 7.11 Å². The summed E-state index contributed by atoms with van der Waals surface area (Å²) >= 11 is 0. The molecule has 1 aliphatic rings. The van der Waals surface area contributed by atoms with Crippen LogP contribution in [-0.4, -0.2) is 7.11 Å². The van der Waals surface area contributed by atoms with Crippen molar-refractivity contribution in [2.24, 2.45) is 0 Å². The zero-order chi connectivity index (χ0) is 13.8. The maximum absolute atomic E-state index is 5.17. The summed E-state index contributed by atoms with van der Waals surface area (Å²) in [6.07, 6.45) is 2.71. The molecule has 2 nitrogen and oxygen atoms in total. The Hall–Kier alpha value is -1.80. The Morgan fingerprint density at radius 2 is 1.75 bits per heavy atom. The molecule has 2 aromatic rings. The molecule has 0 unspecified atom stereocenters. The Morgan fingerprint density at radius 1 is 1.00 bits per heavy atom. The van der Waals surface area contributed by atoms with Gasteiger partial charge in [0.25, 0.3) is 0 Å².